The molecule has 25 heavy (non-hydrogen) atoms. The van der Waals surface area contributed by atoms with E-state index in [0.29, 0.717) is 28.8 Å². The molecule has 6 nitrogen and oxygen atoms in total. The molecule has 130 valence electrons. The van der Waals surface area contributed by atoms with Crippen molar-refractivity contribution in [2.24, 2.45) is 0 Å². The number of amides is 2. The summed E-state index contributed by atoms with van der Waals surface area (Å²) in [4.78, 5) is 23.9. The number of hydrogen-bond acceptors (Lipinski definition) is 4. The highest BCUT2D eigenvalue weighted by atomic mass is 35.5. The third kappa shape index (κ3) is 4.22. The molecule has 0 radical (unpaired) electrons. The SMILES string of the molecule is Cc1ccc(NC(=O)C(=O)NC[C@@H]2COc3ccccc3O2)cc1Cl. The van der Waals surface area contributed by atoms with E-state index < -0.39 is 11.8 Å². The third-order valence-corrected chi connectivity index (χ3v) is 4.10. The van der Waals surface area contributed by atoms with Crippen LogP contribution < -0.4 is 20.1 Å². The topological polar surface area (TPSA) is 76.7 Å². The number of halogens is 1. The number of aryl methyl sites for hydroxylation is 1. The van der Waals surface area contributed by atoms with E-state index in [1.807, 2.05) is 25.1 Å². The molecule has 0 saturated carbocycles. The van der Waals surface area contributed by atoms with Crippen molar-refractivity contribution in [3.63, 3.8) is 0 Å². The van der Waals surface area contributed by atoms with Gasteiger partial charge < -0.3 is 20.1 Å². The van der Waals surface area contributed by atoms with Crippen LogP contribution in [0.25, 0.3) is 0 Å². The fourth-order valence-electron chi connectivity index (χ4n) is 2.31. The number of benzene rings is 2. The minimum absolute atomic E-state index is 0.162. The van der Waals surface area contributed by atoms with Gasteiger partial charge in [0.1, 0.15) is 12.7 Å². The van der Waals surface area contributed by atoms with E-state index in [4.69, 9.17) is 21.1 Å². The first kappa shape index (κ1) is 17.1. The standard InChI is InChI=1S/C18H17ClN2O4/c1-11-6-7-12(8-14(11)19)21-18(23)17(22)20-9-13-10-24-15-4-2-3-5-16(15)25-13/h2-8,13H,9-10H2,1H3,(H,20,22)(H,21,23)/t13-/m1/s1. The van der Waals surface area contributed by atoms with E-state index in [2.05, 4.69) is 10.6 Å². The summed E-state index contributed by atoms with van der Waals surface area (Å²) in [5.41, 5.74) is 1.35. The van der Waals surface area contributed by atoms with Gasteiger partial charge >= 0.3 is 11.8 Å². The minimum atomic E-state index is -0.767. The van der Waals surface area contributed by atoms with E-state index >= 15 is 0 Å². The quantitative estimate of drug-likeness (QED) is 0.825. The fourth-order valence-corrected chi connectivity index (χ4v) is 2.49. The zero-order valence-electron chi connectivity index (χ0n) is 13.5. The Morgan fingerprint density at radius 1 is 1.16 bits per heavy atom. The Kier molecular flexibility index (Phi) is 5.09. The van der Waals surface area contributed by atoms with Crippen molar-refractivity contribution in [2.75, 3.05) is 18.5 Å². The van der Waals surface area contributed by atoms with Gasteiger partial charge in [0.2, 0.25) is 0 Å². The first-order valence-electron chi connectivity index (χ1n) is 7.77. The van der Waals surface area contributed by atoms with E-state index in [1.165, 1.54) is 0 Å². The molecule has 3 rings (SSSR count). The highest BCUT2D eigenvalue weighted by Gasteiger charge is 2.22. The molecule has 0 spiro atoms. The van der Waals surface area contributed by atoms with E-state index in [9.17, 15) is 9.59 Å². The summed E-state index contributed by atoms with van der Waals surface area (Å²) in [6, 6.07) is 12.3. The van der Waals surface area contributed by atoms with Crippen LogP contribution in [0, 0.1) is 6.92 Å². The summed E-state index contributed by atoms with van der Waals surface area (Å²) >= 11 is 6.00. The number of fused-ring (bicyclic) bond motifs is 1. The lowest BCUT2D eigenvalue weighted by Gasteiger charge is -2.26. The minimum Gasteiger partial charge on any atom is -0.486 e. The third-order valence-electron chi connectivity index (χ3n) is 3.69. The Morgan fingerprint density at radius 3 is 2.68 bits per heavy atom. The molecule has 0 aliphatic carbocycles. The van der Waals surface area contributed by atoms with Crippen molar-refractivity contribution in [2.45, 2.75) is 13.0 Å². The maximum atomic E-state index is 11.9. The Balaban J connectivity index is 1.51. The van der Waals surface area contributed by atoms with E-state index in [0.717, 1.165) is 5.56 Å². The molecule has 2 amide bonds. The fraction of sp³-hybridized carbons (Fsp3) is 0.222. The molecule has 0 aromatic heterocycles. The molecule has 0 saturated heterocycles. The predicted molar refractivity (Wildman–Crippen MR) is 94.2 cm³/mol. The van der Waals surface area contributed by atoms with Crippen LogP contribution in [0.5, 0.6) is 11.5 Å². The Hall–Kier alpha value is -2.73. The van der Waals surface area contributed by atoms with Crippen molar-refractivity contribution in [1.29, 1.82) is 0 Å². The molecule has 0 bridgehead atoms. The molecule has 0 unspecified atom stereocenters. The Labute approximate surface area is 150 Å². The summed E-state index contributed by atoms with van der Waals surface area (Å²) in [5.74, 6) is -0.234. The molecular formula is C18H17ClN2O4. The molecule has 2 aromatic rings. The second-order valence-electron chi connectivity index (χ2n) is 5.63. The van der Waals surface area contributed by atoms with Gasteiger partial charge in [0, 0.05) is 10.7 Å². The number of para-hydroxylation sites is 2. The van der Waals surface area contributed by atoms with Crippen LogP contribution in [-0.2, 0) is 9.59 Å². The number of rotatable bonds is 3. The number of anilines is 1. The van der Waals surface area contributed by atoms with Crippen LogP contribution in [0.15, 0.2) is 42.5 Å². The summed E-state index contributed by atoms with van der Waals surface area (Å²) in [6.45, 7) is 2.31. The summed E-state index contributed by atoms with van der Waals surface area (Å²) < 4.78 is 11.3. The lowest BCUT2D eigenvalue weighted by Crippen LogP contribution is -2.44. The number of hydrogen-bond donors (Lipinski definition) is 2. The van der Waals surface area contributed by atoms with Crippen molar-refractivity contribution in [1.82, 2.24) is 5.32 Å². The summed E-state index contributed by atoms with van der Waals surface area (Å²) in [7, 11) is 0. The van der Waals surface area contributed by atoms with Gasteiger partial charge in [-0.3, -0.25) is 9.59 Å². The van der Waals surface area contributed by atoms with Crippen molar-refractivity contribution in [3.8, 4) is 11.5 Å². The number of nitrogens with one attached hydrogen (secondary N) is 2. The lowest BCUT2D eigenvalue weighted by molar-refractivity contribution is -0.136. The van der Waals surface area contributed by atoms with Crippen LogP contribution >= 0.6 is 11.6 Å². The number of carbonyl (C=O) groups is 2. The van der Waals surface area contributed by atoms with Gasteiger partial charge in [-0.15, -0.1) is 0 Å². The molecule has 1 aliphatic rings. The molecule has 1 aliphatic heterocycles. The van der Waals surface area contributed by atoms with Gasteiger partial charge in [0.25, 0.3) is 0 Å². The average molecular weight is 361 g/mol. The second-order valence-corrected chi connectivity index (χ2v) is 6.03. The van der Waals surface area contributed by atoms with Gasteiger partial charge in [-0.1, -0.05) is 29.8 Å². The zero-order chi connectivity index (χ0) is 17.8. The van der Waals surface area contributed by atoms with Gasteiger partial charge in [-0.25, -0.2) is 0 Å². The van der Waals surface area contributed by atoms with Crippen LogP contribution in [0.3, 0.4) is 0 Å². The molecule has 1 heterocycles. The van der Waals surface area contributed by atoms with Gasteiger partial charge in [-0.2, -0.15) is 0 Å². The van der Waals surface area contributed by atoms with Crippen molar-refractivity contribution in [3.05, 3.63) is 53.1 Å². The highest BCUT2D eigenvalue weighted by Crippen LogP contribution is 2.30. The van der Waals surface area contributed by atoms with Gasteiger partial charge in [0.05, 0.1) is 6.54 Å². The van der Waals surface area contributed by atoms with Crippen LogP contribution in [0.2, 0.25) is 5.02 Å². The van der Waals surface area contributed by atoms with E-state index in [-0.39, 0.29) is 12.6 Å². The number of carbonyl (C=O) groups excluding carboxylic acids is 2. The molecule has 2 N–H and O–H groups in total. The smallest absolute Gasteiger partial charge is 0.313 e. The molecule has 2 aromatic carbocycles. The van der Waals surface area contributed by atoms with Gasteiger partial charge in [0.15, 0.2) is 11.5 Å². The van der Waals surface area contributed by atoms with Crippen molar-refractivity contribution < 1.29 is 19.1 Å². The zero-order valence-corrected chi connectivity index (χ0v) is 14.3. The molecule has 1 atom stereocenters. The number of ether oxygens (including phenoxy) is 2. The largest absolute Gasteiger partial charge is 0.486 e. The maximum absolute atomic E-state index is 11.9. The van der Waals surface area contributed by atoms with Crippen molar-refractivity contribution >= 4 is 29.1 Å². The lowest BCUT2D eigenvalue weighted by atomic mass is 10.2. The molecular weight excluding hydrogens is 344 g/mol. The summed E-state index contributed by atoms with van der Waals surface area (Å²) in [6.07, 6.45) is -0.361. The van der Waals surface area contributed by atoms with Crippen LogP contribution in [0.1, 0.15) is 5.56 Å². The first-order valence-corrected chi connectivity index (χ1v) is 8.14. The van der Waals surface area contributed by atoms with E-state index in [1.54, 1.807) is 24.3 Å². The first-order chi connectivity index (χ1) is 12.0. The van der Waals surface area contributed by atoms with Crippen LogP contribution in [0.4, 0.5) is 5.69 Å². The van der Waals surface area contributed by atoms with Gasteiger partial charge in [-0.05, 0) is 36.8 Å². The Bertz CT molecular complexity index is 809. The highest BCUT2D eigenvalue weighted by molar-refractivity contribution is 6.39. The second kappa shape index (κ2) is 7.44. The average Bonchev–Trinajstić information content (AvgIpc) is 2.62. The normalized spacial score (nSPS) is 15.4. The predicted octanol–water partition coefficient (Wildman–Crippen LogP) is 2.54. The maximum Gasteiger partial charge on any atom is 0.313 e. The molecule has 7 heteroatoms. The van der Waals surface area contributed by atoms with Crippen LogP contribution in [-0.4, -0.2) is 31.1 Å². The molecule has 0 fully saturated rings. The summed E-state index contributed by atoms with van der Waals surface area (Å²) in [5, 5.41) is 5.56. The monoisotopic (exact) mass is 360 g/mol. The Morgan fingerprint density at radius 2 is 1.92 bits per heavy atom.